The van der Waals surface area contributed by atoms with Crippen LogP contribution in [0.25, 0.3) is 0 Å². The Kier molecular flexibility index (Phi) is 6.98. The summed E-state index contributed by atoms with van der Waals surface area (Å²) in [5, 5.41) is 11.7. The highest BCUT2D eigenvalue weighted by atomic mass is 16.4. The SMILES string of the molecule is C=CC.CCc1cccc(/C(C)=N/O)c1. The fourth-order valence-corrected chi connectivity index (χ4v) is 1.07. The van der Waals surface area contributed by atoms with Gasteiger partial charge in [0.1, 0.15) is 0 Å². The van der Waals surface area contributed by atoms with Crippen LogP contribution in [0, 0.1) is 0 Å². The molecule has 1 aromatic rings. The Morgan fingerprint density at radius 2 is 2.13 bits per heavy atom. The Morgan fingerprint density at radius 1 is 1.53 bits per heavy atom. The molecule has 0 fully saturated rings. The quantitative estimate of drug-likeness (QED) is 0.340. The summed E-state index contributed by atoms with van der Waals surface area (Å²) in [7, 11) is 0. The van der Waals surface area contributed by atoms with Gasteiger partial charge in [-0.25, -0.2) is 0 Å². The molecule has 0 aliphatic carbocycles. The third kappa shape index (κ3) is 5.01. The first-order chi connectivity index (χ1) is 7.19. The zero-order valence-electron chi connectivity index (χ0n) is 9.70. The molecule has 2 nitrogen and oxygen atoms in total. The first kappa shape index (κ1) is 13.4. The van der Waals surface area contributed by atoms with E-state index in [9.17, 15) is 0 Å². The van der Waals surface area contributed by atoms with Crippen molar-refractivity contribution in [2.24, 2.45) is 5.16 Å². The monoisotopic (exact) mass is 205 g/mol. The Hall–Kier alpha value is -1.57. The molecule has 15 heavy (non-hydrogen) atoms. The lowest BCUT2D eigenvalue weighted by atomic mass is 10.1. The molecular formula is C13H19NO. The van der Waals surface area contributed by atoms with Gasteiger partial charge in [-0.15, -0.1) is 6.58 Å². The fraction of sp³-hybridized carbons (Fsp3) is 0.308. The van der Waals surface area contributed by atoms with E-state index in [0.717, 1.165) is 12.0 Å². The van der Waals surface area contributed by atoms with E-state index in [1.807, 2.05) is 25.1 Å². The summed E-state index contributed by atoms with van der Waals surface area (Å²) in [5.74, 6) is 0. The molecule has 0 aliphatic rings. The highest BCUT2D eigenvalue weighted by Crippen LogP contribution is 2.06. The van der Waals surface area contributed by atoms with E-state index in [1.54, 1.807) is 13.0 Å². The number of hydrogen-bond donors (Lipinski definition) is 1. The molecule has 0 atom stereocenters. The molecule has 0 aliphatic heterocycles. The highest BCUT2D eigenvalue weighted by Gasteiger charge is 1.97. The molecule has 0 unspecified atom stereocenters. The zero-order valence-corrected chi connectivity index (χ0v) is 9.70. The molecule has 0 spiro atoms. The van der Waals surface area contributed by atoms with Crippen molar-refractivity contribution in [3.05, 3.63) is 48.0 Å². The normalized spacial score (nSPS) is 10.2. The smallest absolute Gasteiger partial charge is 0.0837 e. The van der Waals surface area contributed by atoms with Gasteiger partial charge in [0.15, 0.2) is 0 Å². The lowest BCUT2D eigenvalue weighted by Crippen LogP contribution is -1.94. The molecule has 0 saturated carbocycles. The van der Waals surface area contributed by atoms with Crippen LogP contribution in [0.15, 0.2) is 42.1 Å². The van der Waals surface area contributed by atoms with Crippen molar-refractivity contribution in [3.63, 3.8) is 0 Å². The van der Waals surface area contributed by atoms with Crippen LogP contribution in [0.3, 0.4) is 0 Å². The van der Waals surface area contributed by atoms with E-state index in [1.165, 1.54) is 5.56 Å². The molecular weight excluding hydrogens is 186 g/mol. The van der Waals surface area contributed by atoms with Crippen molar-refractivity contribution in [2.45, 2.75) is 27.2 Å². The molecule has 0 radical (unpaired) electrons. The summed E-state index contributed by atoms with van der Waals surface area (Å²) in [6, 6.07) is 8.01. The van der Waals surface area contributed by atoms with Crippen LogP contribution in [-0.2, 0) is 6.42 Å². The predicted octanol–water partition coefficient (Wildman–Crippen LogP) is 3.64. The van der Waals surface area contributed by atoms with Crippen molar-refractivity contribution < 1.29 is 5.21 Å². The summed E-state index contributed by atoms with van der Waals surface area (Å²) >= 11 is 0. The number of rotatable bonds is 2. The Morgan fingerprint density at radius 3 is 2.60 bits per heavy atom. The summed E-state index contributed by atoms with van der Waals surface area (Å²) in [6.45, 7) is 9.14. The summed E-state index contributed by atoms with van der Waals surface area (Å²) in [4.78, 5) is 0. The summed E-state index contributed by atoms with van der Waals surface area (Å²) < 4.78 is 0. The number of benzene rings is 1. The number of allylic oxidation sites excluding steroid dienone is 1. The molecule has 1 N–H and O–H groups in total. The minimum absolute atomic E-state index is 0.658. The summed E-state index contributed by atoms with van der Waals surface area (Å²) in [6.07, 6.45) is 2.76. The van der Waals surface area contributed by atoms with Gasteiger partial charge in [-0.3, -0.25) is 0 Å². The molecule has 1 rings (SSSR count). The second kappa shape index (κ2) is 7.80. The van der Waals surface area contributed by atoms with Gasteiger partial charge in [-0.05, 0) is 37.5 Å². The first-order valence-corrected chi connectivity index (χ1v) is 5.04. The van der Waals surface area contributed by atoms with Crippen LogP contribution in [0.4, 0.5) is 0 Å². The second-order valence-corrected chi connectivity index (χ2v) is 3.15. The maximum atomic E-state index is 8.54. The Bertz CT molecular complexity index is 329. The van der Waals surface area contributed by atoms with Crippen molar-refractivity contribution in [2.75, 3.05) is 0 Å². The third-order valence-electron chi connectivity index (χ3n) is 1.90. The topological polar surface area (TPSA) is 32.6 Å². The molecule has 0 heterocycles. The van der Waals surface area contributed by atoms with Gasteiger partial charge in [0.05, 0.1) is 5.71 Å². The maximum Gasteiger partial charge on any atom is 0.0837 e. The van der Waals surface area contributed by atoms with Gasteiger partial charge < -0.3 is 5.21 Å². The lowest BCUT2D eigenvalue weighted by molar-refractivity contribution is 0.319. The van der Waals surface area contributed by atoms with Crippen molar-refractivity contribution in [1.82, 2.24) is 0 Å². The number of hydrogen-bond acceptors (Lipinski definition) is 2. The molecule has 0 amide bonds. The predicted molar refractivity (Wildman–Crippen MR) is 65.7 cm³/mol. The Balaban J connectivity index is 0.000000583. The van der Waals surface area contributed by atoms with Crippen molar-refractivity contribution in [1.29, 1.82) is 0 Å². The third-order valence-corrected chi connectivity index (χ3v) is 1.90. The molecule has 82 valence electrons. The van der Waals surface area contributed by atoms with Crippen molar-refractivity contribution in [3.8, 4) is 0 Å². The maximum absolute atomic E-state index is 8.54. The minimum Gasteiger partial charge on any atom is -0.411 e. The van der Waals surface area contributed by atoms with E-state index in [2.05, 4.69) is 24.7 Å². The van der Waals surface area contributed by atoms with E-state index in [-0.39, 0.29) is 0 Å². The van der Waals surface area contributed by atoms with Gasteiger partial charge in [0, 0.05) is 0 Å². The minimum atomic E-state index is 0.658. The van der Waals surface area contributed by atoms with Gasteiger partial charge in [-0.2, -0.15) is 0 Å². The highest BCUT2D eigenvalue weighted by molar-refractivity contribution is 5.98. The first-order valence-electron chi connectivity index (χ1n) is 5.04. The standard InChI is InChI=1S/C10H13NO.C3H6/c1-3-9-5-4-6-10(7-9)8(2)11-12;1-3-2/h4-7,12H,3H2,1-2H3;3H,1H2,2H3/b11-8+;. The van der Waals surface area contributed by atoms with Crippen LogP contribution < -0.4 is 0 Å². The van der Waals surface area contributed by atoms with E-state index >= 15 is 0 Å². The zero-order chi connectivity index (χ0) is 11.7. The molecule has 1 aromatic carbocycles. The summed E-state index contributed by atoms with van der Waals surface area (Å²) in [5.41, 5.74) is 2.90. The van der Waals surface area contributed by atoms with Crippen LogP contribution in [0.1, 0.15) is 31.9 Å². The lowest BCUT2D eigenvalue weighted by Gasteiger charge is -2.00. The Labute approximate surface area is 91.9 Å². The van der Waals surface area contributed by atoms with Gasteiger partial charge in [0.2, 0.25) is 0 Å². The molecule has 0 bridgehead atoms. The number of oxime groups is 1. The van der Waals surface area contributed by atoms with E-state index in [0.29, 0.717) is 5.71 Å². The van der Waals surface area contributed by atoms with E-state index < -0.39 is 0 Å². The number of aryl methyl sites for hydroxylation is 1. The van der Waals surface area contributed by atoms with E-state index in [4.69, 9.17) is 5.21 Å². The van der Waals surface area contributed by atoms with Crippen molar-refractivity contribution >= 4 is 5.71 Å². The van der Waals surface area contributed by atoms with Crippen LogP contribution >= 0.6 is 0 Å². The van der Waals surface area contributed by atoms with Gasteiger partial charge >= 0.3 is 0 Å². The molecule has 0 aromatic heterocycles. The molecule has 2 heteroatoms. The van der Waals surface area contributed by atoms with Gasteiger partial charge in [0.25, 0.3) is 0 Å². The average Bonchev–Trinajstić information content (AvgIpc) is 2.29. The van der Waals surface area contributed by atoms with Crippen LogP contribution in [0.5, 0.6) is 0 Å². The fourth-order valence-electron chi connectivity index (χ4n) is 1.07. The average molecular weight is 205 g/mol. The molecule has 0 saturated heterocycles. The van der Waals surface area contributed by atoms with Crippen LogP contribution in [-0.4, -0.2) is 10.9 Å². The number of nitrogens with zero attached hydrogens (tertiary/aromatic N) is 1. The van der Waals surface area contributed by atoms with Crippen LogP contribution in [0.2, 0.25) is 0 Å². The van der Waals surface area contributed by atoms with Gasteiger partial charge in [-0.1, -0.05) is 36.4 Å². The second-order valence-electron chi connectivity index (χ2n) is 3.15. The largest absolute Gasteiger partial charge is 0.411 e.